The summed E-state index contributed by atoms with van der Waals surface area (Å²) in [6, 6.07) is 7.85. The molecule has 0 radical (unpaired) electrons. The van der Waals surface area contributed by atoms with E-state index in [1.54, 1.807) is 11.8 Å². The zero-order valence-corrected chi connectivity index (χ0v) is 11.4. The summed E-state index contributed by atoms with van der Waals surface area (Å²) in [5.74, 6) is -0.184. The molecule has 0 aliphatic heterocycles. The van der Waals surface area contributed by atoms with Gasteiger partial charge in [-0.3, -0.25) is 4.79 Å². The molecule has 1 atom stereocenters. The lowest BCUT2D eigenvalue weighted by atomic mass is 10.1. The minimum atomic E-state index is -0.160. The van der Waals surface area contributed by atoms with Gasteiger partial charge in [-0.1, -0.05) is 32.9 Å². The van der Waals surface area contributed by atoms with Crippen molar-refractivity contribution < 1.29 is 4.79 Å². The molecule has 0 saturated heterocycles. The van der Waals surface area contributed by atoms with Crippen LogP contribution in [-0.2, 0) is 4.79 Å². The number of nitrogens with one attached hydrogen (secondary N) is 1. The largest absolute Gasteiger partial charge is 0.330 e. The van der Waals surface area contributed by atoms with Crippen LogP contribution in [0.25, 0.3) is 0 Å². The number of rotatable bonds is 5. The van der Waals surface area contributed by atoms with Crippen molar-refractivity contribution in [2.24, 2.45) is 11.7 Å². The number of nitrogens with two attached hydrogens (primary N) is 1. The summed E-state index contributed by atoms with van der Waals surface area (Å²) in [5, 5.41) is 3.41. The van der Waals surface area contributed by atoms with Gasteiger partial charge in [0.25, 0.3) is 0 Å². The second kappa shape index (κ2) is 6.67. The molecule has 1 aromatic rings. The third-order valence-corrected chi connectivity index (χ3v) is 3.39. The molecular weight excluding hydrogens is 232 g/mol. The van der Waals surface area contributed by atoms with E-state index in [0.717, 1.165) is 10.6 Å². The van der Waals surface area contributed by atoms with Crippen LogP contribution in [0.15, 0.2) is 29.2 Å². The summed E-state index contributed by atoms with van der Waals surface area (Å²) in [5.41, 5.74) is 6.35. The Labute approximate surface area is 107 Å². The topological polar surface area (TPSA) is 55.1 Å². The van der Waals surface area contributed by atoms with Crippen LogP contribution < -0.4 is 11.1 Å². The molecule has 0 aromatic heterocycles. The standard InChI is InChI=1S/C13H20N2OS/c1-9(2)17-12-7-5-4-6-11(12)15-13(16)10(3)8-14/h4-7,9-10H,8,14H2,1-3H3,(H,15,16). The van der Waals surface area contributed by atoms with Crippen LogP contribution in [0.5, 0.6) is 0 Å². The van der Waals surface area contributed by atoms with Crippen LogP contribution in [0.2, 0.25) is 0 Å². The van der Waals surface area contributed by atoms with Crippen molar-refractivity contribution in [1.82, 2.24) is 0 Å². The molecule has 94 valence electrons. The predicted octanol–water partition coefficient (Wildman–Crippen LogP) is 2.72. The van der Waals surface area contributed by atoms with E-state index in [9.17, 15) is 4.79 Å². The van der Waals surface area contributed by atoms with Gasteiger partial charge in [-0.25, -0.2) is 0 Å². The van der Waals surface area contributed by atoms with E-state index in [-0.39, 0.29) is 11.8 Å². The highest BCUT2D eigenvalue weighted by Gasteiger charge is 2.13. The van der Waals surface area contributed by atoms with Crippen LogP contribution in [0, 0.1) is 5.92 Å². The van der Waals surface area contributed by atoms with Gasteiger partial charge in [0.2, 0.25) is 5.91 Å². The van der Waals surface area contributed by atoms with Crippen LogP contribution >= 0.6 is 11.8 Å². The van der Waals surface area contributed by atoms with Crippen molar-refractivity contribution in [3.05, 3.63) is 24.3 Å². The van der Waals surface area contributed by atoms with E-state index in [4.69, 9.17) is 5.73 Å². The summed E-state index contributed by atoms with van der Waals surface area (Å²) in [7, 11) is 0. The lowest BCUT2D eigenvalue weighted by molar-refractivity contribution is -0.119. The highest BCUT2D eigenvalue weighted by atomic mass is 32.2. The smallest absolute Gasteiger partial charge is 0.228 e. The van der Waals surface area contributed by atoms with Crippen LogP contribution in [0.3, 0.4) is 0 Å². The van der Waals surface area contributed by atoms with Crippen LogP contribution in [0.1, 0.15) is 20.8 Å². The zero-order chi connectivity index (χ0) is 12.8. The van der Waals surface area contributed by atoms with Gasteiger partial charge in [0, 0.05) is 22.6 Å². The number of para-hydroxylation sites is 1. The van der Waals surface area contributed by atoms with E-state index in [1.165, 1.54) is 0 Å². The van der Waals surface area contributed by atoms with Gasteiger partial charge in [-0.2, -0.15) is 0 Å². The average molecular weight is 252 g/mol. The molecule has 1 amide bonds. The second-order valence-corrected chi connectivity index (χ2v) is 5.91. The third-order valence-electron chi connectivity index (χ3n) is 2.31. The molecule has 1 aromatic carbocycles. The molecule has 0 fully saturated rings. The molecule has 0 saturated carbocycles. The molecule has 0 heterocycles. The molecule has 1 unspecified atom stereocenters. The number of hydrogen-bond donors (Lipinski definition) is 2. The lowest BCUT2D eigenvalue weighted by Crippen LogP contribution is -2.26. The molecule has 0 aliphatic rings. The van der Waals surface area contributed by atoms with E-state index in [1.807, 2.05) is 31.2 Å². The first kappa shape index (κ1) is 14.1. The van der Waals surface area contributed by atoms with Crippen LogP contribution in [0.4, 0.5) is 5.69 Å². The Hall–Kier alpha value is -1.00. The molecule has 0 bridgehead atoms. The second-order valence-electron chi connectivity index (χ2n) is 4.29. The third kappa shape index (κ3) is 4.40. The molecule has 3 nitrogen and oxygen atoms in total. The minimum Gasteiger partial charge on any atom is -0.330 e. The van der Waals surface area contributed by atoms with E-state index >= 15 is 0 Å². The number of anilines is 1. The van der Waals surface area contributed by atoms with Crippen molar-refractivity contribution in [3.63, 3.8) is 0 Å². The molecular formula is C13H20N2OS. The quantitative estimate of drug-likeness (QED) is 0.792. The molecule has 0 spiro atoms. The molecule has 4 heteroatoms. The number of carbonyl (C=O) groups is 1. The summed E-state index contributed by atoms with van der Waals surface area (Å²) in [6.07, 6.45) is 0. The Kier molecular flexibility index (Phi) is 5.51. The van der Waals surface area contributed by atoms with Gasteiger partial charge >= 0.3 is 0 Å². The van der Waals surface area contributed by atoms with Gasteiger partial charge in [-0.15, -0.1) is 11.8 Å². The van der Waals surface area contributed by atoms with Gasteiger partial charge in [0.1, 0.15) is 0 Å². The summed E-state index contributed by atoms with van der Waals surface area (Å²) < 4.78 is 0. The number of thioether (sulfide) groups is 1. The Morgan fingerprint density at radius 1 is 1.35 bits per heavy atom. The SMILES string of the molecule is CC(C)Sc1ccccc1NC(=O)C(C)CN. The maximum atomic E-state index is 11.8. The van der Waals surface area contributed by atoms with Gasteiger partial charge < -0.3 is 11.1 Å². The lowest BCUT2D eigenvalue weighted by Gasteiger charge is -2.14. The maximum absolute atomic E-state index is 11.8. The van der Waals surface area contributed by atoms with Crippen molar-refractivity contribution in [1.29, 1.82) is 0 Å². The van der Waals surface area contributed by atoms with Crippen molar-refractivity contribution in [3.8, 4) is 0 Å². The first-order valence-corrected chi connectivity index (χ1v) is 6.69. The zero-order valence-electron chi connectivity index (χ0n) is 10.6. The predicted molar refractivity (Wildman–Crippen MR) is 74.3 cm³/mol. The summed E-state index contributed by atoms with van der Waals surface area (Å²) in [6.45, 7) is 6.45. The highest BCUT2D eigenvalue weighted by Crippen LogP contribution is 2.30. The van der Waals surface area contributed by atoms with E-state index in [2.05, 4.69) is 19.2 Å². The van der Waals surface area contributed by atoms with Crippen molar-refractivity contribution >= 4 is 23.4 Å². The molecule has 1 rings (SSSR count). The average Bonchev–Trinajstić information content (AvgIpc) is 2.29. The number of benzene rings is 1. The fraction of sp³-hybridized carbons (Fsp3) is 0.462. The Morgan fingerprint density at radius 2 is 2.00 bits per heavy atom. The monoisotopic (exact) mass is 252 g/mol. The fourth-order valence-electron chi connectivity index (χ4n) is 1.29. The first-order chi connectivity index (χ1) is 8.04. The Morgan fingerprint density at radius 3 is 2.59 bits per heavy atom. The number of carbonyl (C=O) groups excluding carboxylic acids is 1. The van der Waals surface area contributed by atoms with Crippen molar-refractivity contribution in [2.45, 2.75) is 30.9 Å². The number of hydrogen-bond acceptors (Lipinski definition) is 3. The van der Waals surface area contributed by atoms with Crippen LogP contribution in [-0.4, -0.2) is 17.7 Å². The fourth-order valence-corrected chi connectivity index (χ4v) is 2.20. The molecule has 17 heavy (non-hydrogen) atoms. The minimum absolute atomic E-state index is 0.0238. The summed E-state index contributed by atoms with van der Waals surface area (Å²) in [4.78, 5) is 12.9. The van der Waals surface area contributed by atoms with Gasteiger partial charge in [0.05, 0.1) is 5.69 Å². The number of amides is 1. The first-order valence-electron chi connectivity index (χ1n) is 5.81. The Bertz CT molecular complexity index is 379. The van der Waals surface area contributed by atoms with E-state index < -0.39 is 0 Å². The van der Waals surface area contributed by atoms with E-state index in [0.29, 0.717) is 11.8 Å². The maximum Gasteiger partial charge on any atom is 0.228 e. The van der Waals surface area contributed by atoms with Gasteiger partial charge in [-0.05, 0) is 12.1 Å². The van der Waals surface area contributed by atoms with Crippen molar-refractivity contribution in [2.75, 3.05) is 11.9 Å². The Balaban J connectivity index is 2.79. The highest BCUT2D eigenvalue weighted by molar-refractivity contribution is 8.00. The summed E-state index contributed by atoms with van der Waals surface area (Å²) >= 11 is 1.74. The molecule has 3 N–H and O–H groups in total. The van der Waals surface area contributed by atoms with Gasteiger partial charge in [0.15, 0.2) is 0 Å². The molecule has 0 aliphatic carbocycles. The normalized spacial score (nSPS) is 12.5.